The number of methoxy groups -OCH3 is 1. The Morgan fingerprint density at radius 3 is 2.62 bits per heavy atom. The molecule has 1 amide bonds. The molecule has 0 atom stereocenters. The summed E-state index contributed by atoms with van der Waals surface area (Å²) in [7, 11) is 1.67. The number of carbonyl (C=O) groups is 1. The second-order valence-electron chi connectivity index (χ2n) is 4.15. The Bertz CT molecular complexity index is 205. The summed E-state index contributed by atoms with van der Waals surface area (Å²) in [4.78, 5) is 15.9. The zero-order chi connectivity index (χ0) is 11.8. The van der Waals surface area contributed by atoms with E-state index in [1.54, 1.807) is 7.11 Å². The minimum Gasteiger partial charge on any atom is -0.383 e. The van der Waals surface area contributed by atoms with E-state index in [4.69, 9.17) is 10.5 Å². The van der Waals surface area contributed by atoms with E-state index in [1.165, 1.54) is 0 Å². The topological polar surface area (TPSA) is 58.8 Å². The zero-order valence-corrected chi connectivity index (χ0v) is 10.2. The normalized spacial score (nSPS) is 16.1. The number of likely N-dealkylation sites (tertiary alicyclic amines) is 1. The van der Waals surface area contributed by atoms with Gasteiger partial charge in [-0.25, -0.2) is 0 Å². The molecule has 1 heterocycles. The van der Waals surface area contributed by atoms with Gasteiger partial charge >= 0.3 is 0 Å². The van der Waals surface area contributed by atoms with Crippen molar-refractivity contribution in [2.75, 3.05) is 53.0 Å². The highest BCUT2D eigenvalue weighted by Gasteiger charge is 2.19. The molecule has 1 rings (SSSR count). The summed E-state index contributed by atoms with van der Waals surface area (Å²) >= 11 is 0. The van der Waals surface area contributed by atoms with Crippen LogP contribution in [0, 0.1) is 0 Å². The number of hydrogen-bond donors (Lipinski definition) is 1. The van der Waals surface area contributed by atoms with Gasteiger partial charge < -0.3 is 15.4 Å². The van der Waals surface area contributed by atoms with Crippen molar-refractivity contribution in [3.05, 3.63) is 0 Å². The third-order valence-corrected chi connectivity index (χ3v) is 2.87. The largest absolute Gasteiger partial charge is 0.383 e. The molecule has 0 aliphatic carbocycles. The predicted molar refractivity (Wildman–Crippen MR) is 63.2 cm³/mol. The van der Waals surface area contributed by atoms with Gasteiger partial charge in [0, 0.05) is 39.8 Å². The average molecular weight is 229 g/mol. The zero-order valence-electron chi connectivity index (χ0n) is 10.2. The van der Waals surface area contributed by atoms with Crippen molar-refractivity contribution < 1.29 is 9.53 Å². The summed E-state index contributed by atoms with van der Waals surface area (Å²) in [6.45, 7) is 5.06. The van der Waals surface area contributed by atoms with Crippen LogP contribution in [0.1, 0.15) is 12.8 Å². The van der Waals surface area contributed by atoms with Crippen molar-refractivity contribution in [3.63, 3.8) is 0 Å². The van der Waals surface area contributed by atoms with Crippen molar-refractivity contribution in [1.29, 1.82) is 0 Å². The molecule has 1 fully saturated rings. The molecule has 16 heavy (non-hydrogen) atoms. The van der Waals surface area contributed by atoms with Gasteiger partial charge in [-0.3, -0.25) is 9.69 Å². The van der Waals surface area contributed by atoms with E-state index in [0.29, 0.717) is 19.7 Å². The molecule has 0 spiro atoms. The quantitative estimate of drug-likeness (QED) is 0.640. The van der Waals surface area contributed by atoms with Gasteiger partial charge in [-0.1, -0.05) is 0 Å². The molecule has 0 radical (unpaired) electrons. The SMILES string of the molecule is COCCN(CCN)CC(=O)N1CCCC1. The first kappa shape index (κ1) is 13.4. The average Bonchev–Trinajstić information content (AvgIpc) is 2.79. The summed E-state index contributed by atoms with van der Waals surface area (Å²) < 4.78 is 5.02. The second-order valence-corrected chi connectivity index (χ2v) is 4.15. The minimum atomic E-state index is 0.224. The van der Waals surface area contributed by atoms with Crippen molar-refractivity contribution >= 4 is 5.91 Å². The molecule has 1 aliphatic heterocycles. The van der Waals surface area contributed by atoms with Gasteiger partial charge in [0.2, 0.25) is 5.91 Å². The third-order valence-electron chi connectivity index (χ3n) is 2.87. The van der Waals surface area contributed by atoms with Crippen LogP contribution in [-0.4, -0.2) is 68.7 Å². The maximum Gasteiger partial charge on any atom is 0.236 e. The monoisotopic (exact) mass is 229 g/mol. The molecule has 0 saturated carbocycles. The third kappa shape index (κ3) is 4.47. The predicted octanol–water partition coefficient (Wildman–Crippen LogP) is -0.484. The Labute approximate surface area is 97.5 Å². The number of amides is 1. The van der Waals surface area contributed by atoms with Gasteiger partial charge in [0.25, 0.3) is 0 Å². The Hall–Kier alpha value is -0.650. The summed E-state index contributed by atoms with van der Waals surface area (Å²) in [5, 5.41) is 0. The first-order valence-electron chi connectivity index (χ1n) is 5.97. The minimum absolute atomic E-state index is 0.224. The lowest BCUT2D eigenvalue weighted by atomic mass is 10.4. The van der Waals surface area contributed by atoms with Crippen LogP contribution in [0.5, 0.6) is 0 Å². The van der Waals surface area contributed by atoms with Crippen LogP contribution in [0.3, 0.4) is 0 Å². The Morgan fingerprint density at radius 2 is 2.06 bits per heavy atom. The summed E-state index contributed by atoms with van der Waals surface area (Å²) in [5.41, 5.74) is 5.52. The number of nitrogens with zero attached hydrogens (tertiary/aromatic N) is 2. The van der Waals surface area contributed by atoms with Gasteiger partial charge in [0.05, 0.1) is 13.2 Å². The van der Waals surface area contributed by atoms with Gasteiger partial charge in [0.15, 0.2) is 0 Å². The number of hydrogen-bond acceptors (Lipinski definition) is 4. The smallest absolute Gasteiger partial charge is 0.236 e. The first-order valence-corrected chi connectivity index (χ1v) is 5.97. The van der Waals surface area contributed by atoms with Crippen LogP contribution in [-0.2, 0) is 9.53 Å². The summed E-state index contributed by atoms with van der Waals surface area (Å²) in [6, 6.07) is 0. The molecular formula is C11H23N3O2. The number of rotatable bonds is 7. The number of nitrogens with two attached hydrogens (primary N) is 1. The van der Waals surface area contributed by atoms with E-state index in [-0.39, 0.29) is 5.91 Å². The van der Waals surface area contributed by atoms with Crippen LogP contribution >= 0.6 is 0 Å². The van der Waals surface area contributed by atoms with Crippen LogP contribution in [0.4, 0.5) is 0 Å². The van der Waals surface area contributed by atoms with E-state index in [0.717, 1.165) is 39.0 Å². The molecule has 1 saturated heterocycles. The van der Waals surface area contributed by atoms with Gasteiger partial charge in [-0.15, -0.1) is 0 Å². The Balaban J connectivity index is 2.30. The molecule has 0 aromatic carbocycles. The number of carbonyl (C=O) groups excluding carboxylic acids is 1. The Morgan fingerprint density at radius 1 is 1.38 bits per heavy atom. The fraction of sp³-hybridized carbons (Fsp3) is 0.909. The summed E-state index contributed by atoms with van der Waals surface area (Å²) in [5.74, 6) is 0.224. The molecule has 5 nitrogen and oxygen atoms in total. The molecule has 0 unspecified atom stereocenters. The molecule has 0 bridgehead atoms. The molecule has 2 N–H and O–H groups in total. The Kier molecular flexibility index (Phi) is 6.37. The molecular weight excluding hydrogens is 206 g/mol. The lowest BCUT2D eigenvalue weighted by Crippen LogP contribution is -2.42. The van der Waals surface area contributed by atoms with Gasteiger partial charge in [-0.05, 0) is 12.8 Å². The van der Waals surface area contributed by atoms with E-state index in [1.807, 2.05) is 4.90 Å². The lowest BCUT2D eigenvalue weighted by molar-refractivity contribution is -0.131. The van der Waals surface area contributed by atoms with Crippen molar-refractivity contribution in [3.8, 4) is 0 Å². The van der Waals surface area contributed by atoms with Crippen molar-refractivity contribution in [2.24, 2.45) is 5.73 Å². The van der Waals surface area contributed by atoms with Gasteiger partial charge in [0.1, 0.15) is 0 Å². The molecule has 0 aromatic rings. The van der Waals surface area contributed by atoms with Crippen LogP contribution in [0.2, 0.25) is 0 Å². The summed E-state index contributed by atoms with van der Waals surface area (Å²) in [6.07, 6.45) is 2.28. The van der Waals surface area contributed by atoms with E-state index >= 15 is 0 Å². The maximum atomic E-state index is 11.9. The number of ether oxygens (including phenoxy) is 1. The molecule has 94 valence electrons. The standard InChI is InChI=1S/C11H23N3O2/c1-16-9-8-13(7-4-12)10-11(15)14-5-2-3-6-14/h2-10,12H2,1H3. The van der Waals surface area contributed by atoms with Crippen LogP contribution in [0.25, 0.3) is 0 Å². The van der Waals surface area contributed by atoms with E-state index in [2.05, 4.69) is 4.90 Å². The maximum absolute atomic E-state index is 11.9. The van der Waals surface area contributed by atoms with Crippen molar-refractivity contribution in [1.82, 2.24) is 9.80 Å². The fourth-order valence-electron chi connectivity index (χ4n) is 1.93. The molecule has 5 heteroatoms. The fourth-order valence-corrected chi connectivity index (χ4v) is 1.93. The molecule has 1 aliphatic rings. The van der Waals surface area contributed by atoms with Gasteiger partial charge in [-0.2, -0.15) is 0 Å². The van der Waals surface area contributed by atoms with Crippen LogP contribution in [0.15, 0.2) is 0 Å². The lowest BCUT2D eigenvalue weighted by Gasteiger charge is -2.23. The van der Waals surface area contributed by atoms with E-state index < -0.39 is 0 Å². The molecule has 0 aromatic heterocycles. The highest BCUT2D eigenvalue weighted by molar-refractivity contribution is 5.78. The first-order chi connectivity index (χ1) is 7.77. The highest BCUT2D eigenvalue weighted by Crippen LogP contribution is 2.07. The highest BCUT2D eigenvalue weighted by atomic mass is 16.5. The van der Waals surface area contributed by atoms with E-state index in [9.17, 15) is 4.79 Å². The van der Waals surface area contributed by atoms with Crippen LogP contribution < -0.4 is 5.73 Å². The second kappa shape index (κ2) is 7.60. The van der Waals surface area contributed by atoms with Crippen molar-refractivity contribution in [2.45, 2.75) is 12.8 Å².